The number of rotatable bonds is 7. The van der Waals surface area contributed by atoms with Crippen LogP contribution >= 0.6 is 0 Å². The first kappa shape index (κ1) is 18.4. The second-order valence-corrected chi connectivity index (χ2v) is 7.46. The molecule has 0 saturated heterocycles. The van der Waals surface area contributed by atoms with E-state index >= 15 is 0 Å². The van der Waals surface area contributed by atoms with E-state index < -0.39 is 0 Å². The predicted octanol–water partition coefficient (Wildman–Crippen LogP) is 2.82. The number of ether oxygens (including phenoxy) is 1. The highest BCUT2D eigenvalue weighted by Crippen LogP contribution is 2.36. The minimum absolute atomic E-state index is 0.130. The minimum atomic E-state index is -0.232. The molecule has 4 nitrogen and oxygen atoms in total. The Morgan fingerprint density at radius 1 is 1.33 bits per heavy atom. The molecular formula is C17H34N2O2. The molecular weight excluding hydrogens is 264 g/mol. The van der Waals surface area contributed by atoms with Crippen molar-refractivity contribution in [2.75, 3.05) is 20.2 Å². The fraction of sp³-hybridized carbons (Fsp3) is 0.941. The van der Waals surface area contributed by atoms with Crippen LogP contribution in [0.5, 0.6) is 0 Å². The van der Waals surface area contributed by atoms with Gasteiger partial charge in [-0.05, 0) is 45.1 Å². The van der Waals surface area contributed by atoms with Crippen molar-refractivity contribution in [1.29, 1.82) is 0 Å². The van der Waals surface area contributed by atoms with E-state index in [-0.39, 0.29) is 18.1 Å². The smallest absolute Gasteiger partial charge is 0.324 e. The van der Waals surface area contributed by atoms with Gasteiger partial charge in [-0.25, -0.2) is 0 Å². The number of esters is 1. The summed E-state index contributed by atoms with van der Waals surface area (Å²) >= 11 is 0. The zero-order valence-corrected chi connectivity index (χ0v) is 14.7. The lowest BCUT2D eigenvalue weighted by molar-refractivity contribution is -0.146. The van der Waals surface area contributed by atoms with Crippen molar-refractivity contribution < 1.29 is 9.53 Å². The van der Waals surface area contributed by atoms with Crippen molar-refractivity contribution in [1.82, 2.24) is 10.2 Å². The molecule has 0 amide bonds. The Labute approximate surface area is 130 Å². The molecule has 0 aromatic carbocycles. The van der Waals surface area contributed by atoms with Crippen LogP contribution in [0.25, 0.3) is 0 Å². The number of nitrogens with one attached hydrogen (secondary N) is 1. The Morgan fingerprint density at radius 3 is 2.38 bits per heavy atom. The maximum atomic E-state index is 12.1. The lowest BCUT2D eigenvalue weighted by Gasteiger charge is -2.39. The van der Waals surface area contributed by atoms with Gasteiger partial charge in [0.1, 0.15) is 6.04 Å². The van der Waals surface area contributed by atoms with Crippen LogP contribution in [-0.4, -0.2) is 49.2 Å². The summed E-state index contributed by atoms with van der Waals surface area (Å²) in [6.45, 7) is 11.9. The third-order valence-corrected chi connectivity index (χ3v) is 4.51. The van der Waals surface area contributed by atoms with Crippen molar-refractivity contribution in [3.05, 3.63) is 0 Å². The second-order valence-electron chi connectivity index (χ2n) is 7.46. The summed E-state index contributed by atoms with van der Waals surface area (Å²) in [6, 6.07) is 0.631. The number of carbonyl (C=O) groups excluding carboxylic acids is 1. The van der Waals surface area contributed by atoms with Gasteiger partial charge >= 0.3 is 5.97 Å². The van der Waals surface area contributed by atoms with Gasteiger partial charge in [0, 0.05) is 18.6 Å². The molecule has 0 bridgehead atoms. The average Bonchev–Trinajstić information content (AvgIpc) is 2.37. The zero-order chi connectivity index (χ0) is 16.0. The van der Waals surface area contributed by atoms with Crippen LogP contribution in [0.1, 0.15) is 60.3 Å². The molecule has 1 unspecified atom stereocenters. The number of carbonyl (C=O) groups is 1. The normalized spacial score (nSPS) is 20.8. The summed E-state index contributed by atoms with van der Waals surface area (Å²) in [5, 5.41) is 3.33. The van der Waals surface area contributed by atoms with Crippen molar-refractivity contribution in [2.45, 2.75) is 78.4 Å². The average molecular weight is 298 g/mol. The lowest BCUT2D eigenvalue weighted by atomic mass is 9.75. The van der Waals surface area contributed by atoms with E-state index in [2.05, 4.69) is 45.0 Å². The summed E-state index contributed by atoms with van der Waals surface area (Å²) in [5.41, 5.74) is 0.480. The van der Waals surface area contributed by atoms with Gasteiger partial charge in [0.25, 0.3) is 0 Å². The van der Waals surface area contributed by atoms with E-state index in [4.69, 9.17) is 4.74 Å². The molecule has 0 aliphatic heterocycles. The van der Waals surface area contributed by atoms with E-state index in [1.165, 1.54) is 25.7 Å². The fourth-order valence-electron chi connectivity index (χ4n) is 3.10. The zero-order valence-electron chi connectivity index (χ0n) is 14.7. The van der Waals surface area contributed by atoms with Gasteiger partial charge in [-0.3, -0.25) is 4.79 Å². The van der Waals surface area contributed by atoms with Gasteiger partial charge in [0.15, 0.2) is 0 Å². The highest BCUT2D eigenvalue weighted by molar-refractivity contribution is 5.76. The quantitative estimate of drug-likeness (QED) is 0.734. The van der Waals surface area contributed by atoms with Gasteiger partial charge in [-0.15, -0.1) is 0 Å². The largest absolute Gasteiger partial charge is 0.465 e. The molecule has 0 heterocycles. The molecule has 21 heavy (non-hydrogen) atoms. The highest BCUT2D eigenvalue weighted by atomic mass is 16.5. The molecule has 0 radical (unpaired) electrons. The molecule has 4 heteroatoms. The van der Waals surface area contributed by atoms with Gasteiger partial charge in [-0.1, -0.05) is 27.7 Å². The number of hydrogen-bond donors (Lipinski definition) is 1. The highest BCUT2D eigenvalue weighted by Gasteiger charge is 2.31. The van der Waals surface area contributed by atoms with Crippen molar-refractivity contribution in [3.63, 3.8) is 0 Å². The van der Waals surface area contributed by atoms with Crippen LogP contribution in [0.2, 0.25) is 0 Å². The van der Waals surface area contributed by atoms with Crippen LogP contribution in [0, 0.1) is 5.41 Å². The van der Waals surface area contributed by atoms with Crippen LogP contribution in [0.15, 0.2) is 0 Å². The number of likely N-dealkylation sites (N-methyl/N-ethyl adjacent to an activating group) is 1. The maximum Gasteiger partial charge on any atom is 0.324 e. The number of hydrogen-bond acceptors (Lipinski definition) is 4. The van der Waals surface area contributed by atoms with Crippen LogP contribution in [0.4, 0.5) is 0 Å². The van der Waals surface area contributed by atoms with Crippen molar-refractivity contribution in [3.8, 4) is 0 Å². The molecule has 1 saturated carbocycles. The molecule has 1 fully saturated rings. The molecule has 1 aliphatic rings. The molecule has 0 spiro atoms. The molecule has 1 atom stereocenters. The van der Waals surface area contributed by atoms with Gasteiger partial charge in [0.2, 0.25) is 0 Å². The van der Waals surface area contributed by atoms with Gasteiger partial charge in [0.05, 0.1) is 6.61 Å². The van der Waals surface area contributed by atoms with Crippen molar-refractivity contribution >= 4 is 5.97 Å². The van der Waals surface area contributed by atoms with Crippen LogP contribution in [-0.2, 0) is 9.53 Å². The Hall–Kier alpha value is -0.610. The maximum absolute atomic E-state index is 12.1. The first-order chi connectivity index (χ1) is 9.75. The topological polar surface area (TPSA) is 41.6 Å². The summed E-state index contributed by atoms with van der Waals surface area (Å²) < 4.78 is 5.20. The molecule has 0 aromatic heterocycles. The van der Waals surface area contributed by atoms with E-state index in [0.717, 1.165) is 6.54 Å². The van der Waals surface area contributed by atoms with E-state index in [1.807, 2.05) is 6.92 Å². The number of nitrogens with zero attached hydrogens (tertiary/aromatic N) is 1. The Balaban J connectivity index is 2.55. The Kier molecular flexibility index (Phi) is 7.14. The second kappa shape index (κ2) is 8.14. The van der Waals surface area contributed by atoms with Gasteiger partial charge in [-0.2, -0.15) is 0 Å². The first-order valence-corrected chi connectivity index (χ1v) is 8.38. The summed E-state index contributed by atoms with van der Waals surface area (Å²) in [7, 11) is 2.14. The third-order valence-electron chi connectivity index (χ3n) is 4.51. The van der Waals surface area contributed by atoms with Crippen LogP contribution in [0.3, 0.4) is 0 Å². The van der Waals surface area contributed by atoms with Crippen LogP contribution < -0.4 is 5.32 Å². The fourth-order valence-corrected chi connectivity index (χ4v) is 3.10. The summed E-state index contributed by atoms with van der Waals surface area (Å²) in [5.74, 6) is -0.130. The predicted molar refractivity (Wildman–Crippen MR) is 87.4 cm³/mol. The minimum Gasteiger partial charge on any atom is -0.465 e. The third kappa shape index (κ3) is 6.35. The van der Waals surface area contributed by atoms with E-state index in [0.29, 0.717) is 18.1 Å². The van der Waals surface area contributed by atoms with E-state index in [1.54, 1.807) is 0 Å². The summed E-state index contributed by atoms with van der Waals surface area (Å²) in [4.78, 5) is 14.4. The molecule has 124 valence electrons. The van der Waals surface area contributed by atoms with Gasteiger partial charge < -0.3 is 15.0 Å². The van der Waals surface area contributed by atoms with Crippen molar-refractivity contribution in [2.24, 2.45) is 5.41 Å². The molecule has 0 aromatic rings. The molecule has 1 rings (SSSR count). The summed E-state index contributed by atoms with van der Waals surface area (Å²) in [6.07, 6.45) is 4.98. The Bertz CT molecular complexity index is 319. The molecule has 1 aliphatic carbocycles. The molecule has 1 N–H and O–H groups in total. The standard InChI is InChI=1S/C17H34N2O2/c1-7-21-16(20)15(18-13(2)3)12-19(6)14-8-10-17(4,5)11-9-14/h13-15,18H,7-12H2,1-6H3. The first-order valence-electron chi connectivity index (χ1n) is 8.38. The van der Waals surface area contributed by atoms with E-state index in [9.17, 15) is 4.79 Å². The lowest BCUT2D eigenvalue weighted by Crippen LogP contribution is -2.51. The monoisotopic (exact) mass is 298 g/mol. The SMILES string of the molecule is CCOC(=O)C(CN(C)C1CCC(C)(C)CC1)NC(C)C. The Morgan fingerprint density at radius 2 is 1.90 bits per heavy atom.